The SMILES string of the molecule is C=NN1C=CC(N2CCC[C@@H]2c2cc(F)cnc2Cl)=N/C1=C(/C)C(=O)NOCCO. The third kappa shape index (κ3) is 4.66. The Morgan fingerprint density at radius 2 is 2.37 bits per heavy atom. The molecule has 1 aromatic rings. The number of likely N-dealkylation sites (tertiary alicyclic amines) is 1. The molecule has 1 saturated heterocycles. The zero-order chi connectivity index (χ0) is 21.7. The van der Waals surface area contributed by atoms with Crippen LogP contribution in [0, 0.1) is 5.82 Å². The van der Waals surface area contributed by atoms with Crippen LogP contribution in [0.1, 0.15) is 31.4 Å². The second-order valence-corrected chi connectivity index (χ2v) is 6.97. The van der Waals surface area contributed by atoms with Gasteiger partial charge in [-0.05, 0) is 31.9 Å². The first kappa shape index (κ1) is 21.9. The molecule has 1 atom stereocenters. The number of carbonyl (C=O) groups excluding carboxylic acids is 1. The molecule has 2 aliphatic heterocycles. The summed E-state index contributed by atoms with van der Waals surface area (Å²) < 4.78 is 13.8. The molecule has 0 saturated carbocycles. The summed E-state index contributed by atoms with van der Waals surface area (Å²) in [6.45, 7) is 5.49. The van der Waals surface area contributed by atoms with Gasteiger partial charge in [0.25, 0.3) is 5.91 Å². The van der Waals surface area contributed by atoms with Crippen LogP contribution in [-0.2, 0) is 9.63 Å². The van der Waals surface area contributed by atoms with E-state index in [2.05, 4.69) is 27.3 Å². The number of hydrazone groups is 1. The molecule has 9 nitrogen and oxygen atoms in total. The van der Waals surface area contributed by atoms with Gasteiger partial charge in [0.2, 0.25) is 0 Å². The van der Waals surface area contributed by atoms with Crippen molar-refractivity contribution >= 4 is 30.1 Å². The van der Waals surface area contributed by atoms with Crippen LogP contribution in [0.25, 0.3) is 0 Å². The lowest BCUT2D eigenvalue weighted by Gasteiger charge is -2.30. The van der Waals surface area contributed by atoms with E-state index in [9.17, 15) is 9.18 Å². The van der Waals surface area contributed by atoms with Crippen molar-refractivity contribution in [3.63, 3.8) is 0 Å². The molecule has 3 heterocycles. The number of aromatic nitrogens is 1. The Morgan fingerprint density at radius 3 is 3.10 bits per heavy atom. The zero-order valence-electron chi connectivity index (χ0n) is 16.4. The van der Waals surface area contributed by atoms with Crippen molar-refractivity contribution in [2.24, 2.45) is 10.1 Å². The van der Waals surface area contributed by atoms with E-state index in [1.165, 1.54) is 11.1 Å². The molecule has 0 aromatic carbocycles. The maximum Gasteiger partial charge on any atom is 0.274 e. The summed E-state index contributed by atoms with van der Waals surface area (Å²) in [4.78, 5) is 27.7. The van der Waals surface area contributed by atoms with Gasteiger partial charge in [0.1, 0.15) is 16.8 Å². The summed E-state index contributed by atoms with van der Waals surface area (Å²) in [5, 5.41) is 14.2. The minimum absolute atomic E-state index is 0.0376. The molecule has 3 rings (SSSR count). The molecular weight excluding hydrogens is 415 g/mol. The molecule has 0 radical (unpaired) electrons. The summed E-state index contributed by atoms with van der Waals surface area (Å²) in [6.07, 6.45) is 6.08. The van der Waals surface area contributed by atoms with E-state index in [1.807, 2.05) is 4.90 Å². The highest BCUT2D eigenvalue weighted by molar-refractivity contribution is 6.30. The standard InChI is InChI=1S/C19H22ClFN6O3/c1-12(19(29)25-30-9-8-28)18-24-16(5-7-27(18)22-2)26-6-3-4-15(26)14-10-13(21)11-23-17(14)20/h5,7,10-11,15,28H,2-4,6,8-9H2,1H3,(H,25,29)/b18-12+/t15-/m1/s1. The van der Waals surface area contributed by atoms with Gasteiger partial charge in [-0.2, -0.15) is 5.10 Å². The number of pyridine rings is 1. The van der Waals surface area contributed by atoms with Crippen molar-refractivity contribution in [3.8, 4) is 0 Å². The van der Waals surface area contributed by atoms with Gasteiger partial charge in [-0.15, -0.1) is 0 Å². The van der Waals surface area contributed by atoms with Gasteiger partial charge in [-0.3, -0.25) is 9.63 Å². The predicted molar refractivity (Wildman–Crippen MR) is 110 cm³/mol. The van der Waals surface area contributed by atoms with E-state index in [0.717, 1.165) is 19.0 Å². The monoisotopic (exact) mass is 436 g/mol. The second-order valence-electron chi connectivity index (χ2n) is 6.61. The first-order chi connectivity index (χ1) is 14.5. The Morgan fingerprint density at radius 1 is 1.57 bits per heavy atom. The van der Waals surface area contributed by atoms with E-state index in [-0.39, 0.29) is 35.8 Å². The average Bonchev–Trinajstić information content (AvgIpc) is 3.24. The molecule has 0 bridgehead atoms. The van der Waals surface area contributed by atoms with Crippen molar-refractivity contribution in [1.82, 2.24) is 20.4 Å². The summed E-state index contributed by atoms with van der Waals surface area (Å²) in [6, 6.07) is 1.19. The van der Waals surface area contributed by atoms with E-state index in [1.54, 1.807) is 19.2 Å². The highest BCUT2D eigenvalue weighted by atomic mass is 35.5. The van der Waals surface area contributed by atoms with Crippen LogP contribution in [-0.4, -0.2) is 58.2 Å². The smallest absolute Gasteiger partial charge is 0.274 e. The lowest BCUT2D eigenvalue weighted by molar-refractivity contribution is -0.130. The molecule has 1 aromatic heterocycles. The summed E-state index contributed by atoms with van der Waals surface area (Å²) in [5.41, 5.74) is 3.07. The molecule has 1 amide bonds. The van der Waals surface area contributed by atoms with Gasteiger partial charge >= 0.3 is 0 Å². The lowest BCUT2D eigenvalue weighted by Crippen LogP contribution is -2.33. The number of hydrogen-bond acceptors (Lipinski definition) is 8. The summed E-state index contributed by atoms with van der Waals surface area (Å²) in [5.74, 6) is -0.140. The van der Waals surface area contributed by atoms with Gasteiger partial charge in [0.15, 0.2) is 5.82 Å². The number of nitrogens with zero attached hydrogens (tertiary/aromatic N) is 5. The van der Waals surface area contributed by atoms with Crippen LogP contribution in [0.2, 0.25) is 5.15 Å². The number of rotatable bonds is 6. The van der Waals surface area contributed by atoms with Crippen molar-refractivity contribution in [1.29, 1.82) is 0 Å². The van der Waals surface area contributed by atoms with E-state index >= 15 is 0 Å². The van der Waals surface area contributed by atoms with Crippen LogP contribution in [0.15, 0.2) is 46.0 Å². The number of amides is 1. The number of aliphatic hydroxyl groups is 1. The molecule has 2 aliphatic rings. The molecule has 0 aliphatic carbocycles. The number of halogens is 2. The highest BCUT2D eigenvalue weighted by Crippen LogP contribution is 2.36. The lowest BCUT2D eigenvalue weighted by atomic mass is 10.1. The fourth-order valence-electron chi connectivity index (χ4n) is 3.31. The normalized spacial score (nSPS) is 20.3. The fourth-order valence-corrected chi connectivity index (χ4v) is 3.54. The maximum absolute atomic E-state index is 13.8. The van der Waals surface area contributed by atoms with Gasteiger partial charge in [0.05, 0.1) is 31.0 Å². The quantitative estimate of drug-likeness (QED) is 0.233. The third-order valence-corrected chi connectivity index (χ3v) is 5.04. The van der Waals surface area contributed by atoms with E-state index in [0.29, 0.717) is 17.9 Å². The van der Waals surface area contributed by atoms with Crippen molar-refractivity contribution in [2.75, 3.05) is 19.8 Å². The molecule has 1 fully saturated rings. The Hall–Kier alpha value is -2.82. The van der Waals surface area contributed by atoms with E-state index in [4.69, 9.17) is 21.5 Å². The van der Waals surface area contributed by atoms with Crippen LogP contribution >= 0.6 is 11.6 Å². The molecule has 11 heteroatoms. The molecule has 2 N–H and O–H groups in total. The topological polar surface area (TPSA) is 103 Å². The number of aliphatic hydroxyl groups excluding tert-OH is 1. The molecule has 160 valence electrons. The Balaban J connectivity index is 1.91. The number of nitrogens with one attached hydrogen (secondary N) is 1. The minimum atomic E-state index is -0.527. The minimum Gasteiger partial charge on any atom is -0.394 e. The van der Waals surface area contributed by atoms with Crippen LogP contribution in [0.5, 0.6) is 0 Å². The van der Waals surface area contributed by atoms with Crippen molar-refractivity contribution < 1.29 is 19.1 Å². The number of carbonyl (C=O) groups is 1. The van der Waals surface area contributed by atoms with Crippen LogP contribution in [0.3, 0.4) is 0 Å². The highest BCUT2D eigenvalue weighted by Gasteiger charge is 2.32. The Kier molecular flexibility index (Phi) is 7.14. The first-order valence-corrected chi connectivity index (χ1v) is 9.68. The predicted octanol–water partition coefficient (Wildman–Crippen LogP) is 2.13. The zero-order valence-corrected chi connectivity index (χ0v) is 17.1. The average molecular weight is 437 g/mol. The largest absolute Gasteiger partial charge is 0.394 e. The fraction of sp³-hybridized carbons (Fsp3) is 0.368. The Labute approximate surface area is 178 Å². The van der Waals surface area contributed by atoms with Gasteiger partial charge in [-0.1, -0.05) is 11.6 Å². The molecule has 30 heavy (non-hydrogen) atoms. The third-order valence-electron chi connectivity index (χ3n) is 4.73. The number of aliphatic imine (C=N–C) groups is 1. The maximum atomic E-state index is 13.8. The number of amidine groups is 1. The van der Waals surface area contributed by atoms with Crippen molar-refractivity contribution in [2.45, 2.75) is 25.8 Å². The summed E-state index contributed by atoms with van der Waals surface area (Å²) in [7, 11) is 0. The number of hydroxylamine groups is 1. The van der Waals surface area contributed by atoms with Crippen LogP contribution in [0.4, 0.5) is 4.39 Å². The van der Waals surface area contributed by atoms with Crippen LogP contribution < -0.4 is 5.48 Å². The van der Waals surface area contributed by atoms with Crippen molar-refractivity contribution in [3.05, 3.63) is 52.5 Å². The van der Waals surface area contributed by atoms with Gasteiger partial charge in [-0.25, -0.2) is 24.9 Å². The second kappa shape index (κ2) is 9.79. The first-order valence-electron chi connectivity index (χ1n) is 9.30. The number of hydrogen-bond donors (Lipinski definition) is 2. The van der Waals surface area contributed by atoms with Gasteiger partial charge in [0, 0.05) is 25.0 Å². The Bertz CT molecular complexity index is 920. The molecule has 0 unspecified atom stereocenters. The van der Waals surface area contributed by atoms with Gasteiger partial charge < -0.3 is 10.0 Å². The molecular formula is C19H22ClFN6O3. The molecule has 0 spiro atoms. The van der Waals surface area contributed by atoms with E-state index < -0.39 is 11.7 Å². The summed E-state index contributed by atoms with van der Waals surface area (Å²) >= 11 is 6.22.